The molecular weight excluding hydrogens is 270 g/mol. The van der Waals surface area contributed by atoms with Crippen molar-refractivity contribution in [1.82, 2.24) is 15.5 Å². The Hall–Kier alpha value is -2.21. The van der Waals surface area contributed by atoms with Crippen molar-refractivity contribution in [1.29, 1.82) is 0 Å². The monoisotopic (exact) mass is 287 g/mol. The first-order valence-corrected chi connectivity index (χ1v) is 6.98. The van der Waals surface area contributed by atoms with Crippen molar-refractivity contribution in [2.75, 3.05) is 6.54 Å². The van der Waals surface area contributed by atoms with E-state index in [4.69, 9.17) is 4.52 Å². The normalized spacial score (nSPS) is 20.9. The average molecular weight is 287 g/mol. The average Bonchev–Trinajstić information content (AvgIpc) is 2.92. The lowest BCUT2D eigenvalue weighted by molar-refractivity contribution is 0.0188. The quantitative estimate of drug-likeness (QED) is 0.889. The smallest absolute Gasteiger partial charge is 0.292 e. The van der Waals surface area contributed by atoms with Crippen LogP contribution in [-0.2, 0) is 12.0 Å². The van der Waals surface area contributed by atoms with E-state index in [9.17, 15) is 9.90 Å². The predicted octanol–water partition coefficient (Wildman–Crippen LogP) is 1.33. The van der Waals surface area contributed by atoms with Gasteiger partial charge in [-0.25, -0.2) is 0 Å². The van der Waals surface area contributed by atoms with Crippen LogP contribution in [0.15, 0.2) is 28.8 Å². The van der Waals surface area contributed by atoms with Crippen LogP contribution in [0.25, 0.3) is 0 Å². The van der Waals surface area contributed by atoms with Crippen LogP contribution in [0.5, 0.6) is 0 Å². The number of nitrogens with zero attached hydrogens (tertiary/aromatic N) is 2. The van der Waals surface area contributed by atoms with Gasteiger partial charge in [0.1, 0.15) is 5.60 Å². The van der Waals surface area contributed by atoms with Crippen molar-refractivity contribution < 1.29 is 14.4 Å². The zero-order chi connectivity index (χ0) is 14.9. The number of rotatable bonds is 3. The number of nitrogens with one attached hydrogen (secondary N) is 1. The third-order valence-corrected chi connectivity index (χ3v) is 3.83. The van der Waals surface area contributed by atoms with E-state index in [1.165, 1.54) is 0 Å². The summed E-state index contributed by atoms with van der Waals surface area (Å²) in [4.78, 5) is 15.8. The molecule has 1 atom stereocenters. The molecule has 1 aliphatic rings. The Balaban J connectivity index is 1.74. The van der Waals surface area contributed by atoms with Gasteiger partial charge in [-0.3, -0.25) is 4.79 Å². The van der Waals surface area contributed by atoms with Crippen LogP contribution in [0.2, 0.25) is 0 Å². The van der Waals surface area contributed by atoms with Gasteiger partial charge < -0.3 is 14.9 Å². The zero-order valence-electron chi connectivity index (χ0n) is 11.8. The molecule has 0 radical (unpaired) electrons. The molecule has 6 nitrogen and oxygen atoms in total. The summed E-state index contributed by atoms with van der Waals surface area (Å²) in [6, 6.07) is 7.80. The summed E-state index contributed by atoms with van der Waals surface area (Å²) in [6.45, 7) is 1.76. The minimum atomic E-state index is -1.04. The van der Waals surface area contributed by atoms with Gasteiger partial charge in [-0.1, -0.05) is 29.4 Å². The van der Waals surface area contributed by atoms with E-state index in [1.807, 2.05) is 24.3 Å². The van der Waals surface area contributed by atoms with Crippen molar-refractivity contribution in [3.8, 4) is 0 Å². The molecule has 0 bridgehead atoms. The highest BCUT2D eigenvalue weighted by molar-refractivity contribution is 5.90. The molecule has 21 heavy (non-hydrogen) atoms. The van der Waals surface area contributed by atoms with Crippen LogP contribution in [0, 0.1) is 6.92 Å². The Kier molecular flexibility index (Phi) is 3.47. The van der Waals surface area contributed by atoms with Crippen molar-refractivity contribution in [2.24, 2.45) is 0 Å². The third-order valence-electron chi connectivity index (χ3n) is 3.83. The zero-order valence-corrected chi connectivity index (χ0v) is 11.8. The van der Waals surface area contributed by atoms with Crippen molar-refractivity contribution in [2.45, 2.75) is 31.8 Å². The highest BCUT2D eigenvalue weighted by Crippen LogP contribution is 2.34. The van der Waals surface area contributed by atoms with Gasteiger partial charge in [-0.05, 0) is 30.4 Å². The molecule has 0 saturated carbocycles. The Morgan fingerprint density at radius 3 is 3.05 bits per heavy atom. The van der Waals surface area contributed by atoms with Gasteiger partial charge in [0.05, 0.1) is 6.54 Å². The fraction of sp³-hybridized carbons (Fsp3) is 0.400. The van der Waals surface area contributed by atoms with E-state index >= 15 is 0 Å². The number of benzene rings is 1. The standard InChI is InChI=1S/C15H17N3O3/c1-10-17-13(18-21-10)14(19)16-9-15(20)8-4-6-11-5-2-3-7-12(11)15/h2-3,5,7,20H,4,6,8-9H2,1H3,(H,16,19). The van der Waals surface area contributed by atoms with Gasteiger partial charge >= 0.3 is 0 Å². The molecule has 1 unspecified atom stereocenters. The van der Waals surface area contributed by atoms with E-state index in [1.54, 1.807) is 6.92 Å². The predicted molar refractivity (Wildman–Crippen MR) is 74.6 cm³/mol. The largest absolute Gasteiger partial charge is 0.383 e. The van der Waals surface area contributed by atoms with E-state index in [-0.39, 0.29) is 12.4 Å². The Bertz CT molecular complexity index is 668. The van der Waals surface area contributed by atoms with Gasteiger partial charge in [-0.2, -0.15) is 4.98 Å². The molecule has 1 heterocycles. The van der Waals surface area contributed by atoms with Crippen LogP contribution in [0.4, 0.5) is 0 Å². The molecule has 0 saturated heterocycles. The van der Waals surface area contributed by atoms with Crippen molar-refractivity contribution in [3.63, 3.8) is 0 Å². The lowest BCUT2D eigenvalue weighted by Crippen LogP contribution is -2.43. The molecule has 2 N–H and O–H groups in total. The summed E-state index contributed by atoms with van der Waals surface area (Å²) in [5.41, 5.74) is 0.986. The highest BCUT2D eigenvalue weighted by atomic mass is 16.5. The first-order chi connectivity index (χ1) is 10.1. The van der Waals surface area contributed by atoms with E-state index in [2.05, 4.69) is 15.5 Å². The van der Waals surface area contributed by atoms with Crippen LogP contribution >= 0.6 is 0 Å². The molecule has 0 fully saturated rings. The SMILES string of the molecule is Cc1nc(C(=O)NCC2(O)CCCc3ccccc32)no1. The summed E-state index contributed by atoms with van der Waals surface area (Å²) in [7, 11) is 0. The molecule has 110 valence electrons. The van der Waals surface area contributed by atoms with Crippen LogP contribution < -0.4 is 5.32 Å². The number of hydrogen-bond donors (Lipinski definition) is 2. The fourth-order valence-electron chi connectivity index (χ4n) is 2.78. The topological polar surface area (TPSA) is 88.2 Å². The molecule has 3 rings (SSSR count). The fourth-order valence-corrected chi connectivity index (χ4v) is 2.78. The summed E-state index contributed by atoms with van der Waals surface area (Å²) in [6.07, 6.45) is 2.47. The number of aliphatic hydroxyl groups is 1. The lowest BCUT2D eigenvalue weighted by atomic mass is 9.79. The molecule has 0 aliphatic heterocycles. The van der Waals surface area contributed by atoms with E-state index in [0.29, 0.717) is 12.3 Å². The van der Waals surface area contributed by atoms with Crippen LogP contribution in [-0.4, -0.2) is 27.7 Å². The molecule has 1 aromatic carbocycles. The van der Waals surface area contributed by atoms with Crippen LogP contribution in [0.1, 0.15) is 40.5 Å². The lowest BCUT2D eigenvalue weighted by Gasteiger charge is -2.34. The number of carbonyl (C=O) groups is 1. The summed E-state index contributed by atoms with van der Waals surface area (Å²) in [5.74, 6) is -0.120. The highest BCUT2D eigenvalue weighted by Gasteiger charge is 2.34. The number of carbonyl (C=O) groups excluding carboxylic acids is 1. The molecule has 1 aromatic heterocycles. The summed E-state index contributed by atoms with van der Waals surface area (Å²) >= 11 is 0. The Morgan fingerprint density at radius 1 is 1.48 bits per heavy atom. The van der Waals surface area contributed by atoms with Crippen LogP contribution in [0.3, 0.4) is 0 Å². The van der Waals surface area contributed by atoms with E-state index in [0.717, 1.165) is 24.0 Å². The summed E-state index contributed by atoms with van der Waals surface area (Å²) < 4.78 is 4.77. The molecule has 1 aliphatic carbocycles. The Morgan fingerprint density at radius 2 is 2.29 bits per heavy atom. The molecule has 6 heteroatoms. The second kappa shape index (κ2) is 5.29. The van der Waals surface area contributed by atoms with Gasteiger partial charge in [-0.15, -0.1) is 0 Å². The van der Waals surface area contributed by atoms with Gasteiger partial charge in [0.15, 0.2) is 0 Å². The number of hydrogen-bond acceptors (Lipinski definition) is 5. The minimum absolute atomic E-state index is 0.0137. The minimum Gasteiger partial charge on any atom is -0.383 e. The van der Waals surface area contributed by atoms with Crippen molar-refractivity contribution in [3.05, 3.63) is 47.1 Å². The maximum absolute atomic E-state index is 11.9. The molecule has 1 amide bonds. The Labute approximate surface area is 122 Å². The third kappa shape index (κ3) is 2.67. The van der Waals surface area contributed by atoms with Crippen molar-refractivity contribution >= 4 is 5.91 Å². The summed E-state index contributed by atoms with van der Waals surface area (Å²) in [5, 5.41) is 17.1. The molecule has 0 spiro atoms. The molecular formula is C15H17N3O3. The van der Waals surface area contributed by atoms with Gasteiger partial charge in [0.2, 0.25) is 5.89 Å². The number of amides is 1. The number of aromatic nitrogens is 2. The first-order valence-electron chi connectivity index (χ1n) is 6.98. The number of aryl methyl sites for hydroxylation is 2. The number of fused-ring (bicyclic) bond motifs is 1. The van der Waals surface area contributed by atoms with E-state index < -0.39 is 11.5 Å². The molecule has 2 aromatic rings. The maximum atomic E-state index is 11.9. The second-order valence-electron chi connectivity index (χ2n) is 5.36. The van der Waals surface area contributed by atoms with Gasteiger partial charge in [0.25, 0.3) is 11.7 Å². The maximum Gasteiger partial charge on any atom is 0.292 e. The van der Waals surface area contributed by atoms with Gasteiger partial charge in [0, 0.05) is 6.92 Å². The first kappa shape index (κ1) is 13.8. The second-order valence-corrected chi connectivity index (χ2v) is 5.36.